The Morgan fingerprint density at radius 1 is 1.28 bits per heavy atom. The lowest BCUT2D eigenvalue weighted by Crippen LogP contribution is -2.46. The molecule has 106 valence electrons. The summed E-state index contributed by atoms with van der Waals surface area (Å²) in [5.74, 6) is 0. The van der Waals surface area contributed by atoms with Crippen molar-refractivity contribution in [2.75, 3.05) is 33.3 Å². The molecular weight excluding hydrogens is 224 g/mol. The average Bonchev–Trinajstić information content (AvgIpc) is 2.51. The minimum Gasteiger partial charge on any atom is -0.374 e. The van der Waals surface area contributed by atoms with Gasteiger partial charge >= 0.3 is 0 Å². The number of hydrogen-bond donors (Lipinski definition) is 1. The second kappa shape index (κ2) is 6.36. The van der Waals surface area contributed by atoms with Crippen molar-refractivity contribution in [3.05, 3.63) is 0 Å². The maximum Gasteiger partial charge on any atom is 0.0826 e. The van der Waals surface area contributed by atoms with Gasteiger partial charge in [0.25, 0.3) is 0 Å². The lowest BCUT2D eigenvalue weighted by molar-refractivity contribution is 0.00144. The summed E-state index contributed by atoms with van der Waals surface area (Å²) in [7, 11) is 2.28. The Balaban J connectivity index is 1.79. The molecule has 3 heteroatoms. The molecule has 1 saturated carbocycles. The summed E-state index contributed by atoms with van der Waals surface area (Å²) in [5, 5.41) is 3.42. The van der Waals surface area contributed by atoms with Crippen molar-refractivity contribution in [3.63, 3.8) is 0 Å². The summed E-state index contributed by atoms with van der Waals surface area (Å²) in [6.07, 6.45) is 7.24. The third-order valence-electron chi connectivity index (χ3n) is 4.66. The number of rotatable bonds is 3. The number of nitrogens with one attached hydrogen (secondary N) is 1. The molecule has 0 amide bonds. The van der Waals surface area contributed by atoms with E-state index in [9.17, 15) is 0 Å². The van der Waals surface area contributed by atoms with E-state index in [2.05, 4.69) is 31.1 Å². The second-order valence-electron chi connectivity index (χ2n) is 6.89. The molecule has 1 saturated heterocycles. The van der Waals surface area contributed by atoms with Crippen molar-refractivity contribution in [2.45, 2.75) is 58.1 Å². The van der Waals surface area contributed by atoms with Gasteiger partial charge in [-0.3, -0.25) is 0 Å². The molecule has 2 atom stereocenters. The zero-order valence-electron chi connectivity index (χ0n) is 12.4. The number of ether oxygens (including phenoxy) is 1. The highest BCUT2D eigenvalue weighted by atomic mass is 16.5. The monoisotopic (exact) mass is 254 g/mol. The lowest BCUT2D eigenvalue weighted by atomic mass is 9.85. The van der Waals surface area contributed by atoms with Gasteiger partial charge in [-0.15, -0.1) is 0 Å². The van der Waals surface area contributed by atoms with Crippen LogP contribution in [0.5, 0.6) is 0 Å². The standard InChI is InChI=1S/C15H30N2O/c1-15(2)7-4-5-13(6-8-15)17(3)12-14-11-16-9-10-18-14/h13-14,16H,4-12H2,1-3H3. The van der Waals surface area contributed by atoms with Gasteiger partial charge in [-0.1, -0.05) is 20.3 Å². The molecule has 1 aliphatic carbocycles. The van der Waals surface area contributed by atoms with Crippen molar-refractivity contribution >= 4 is 0 Å². The Morgan fingerprint density at radius 3 is 2.83 bits per heavy atom. The molecule has 0 spiro atoms. The molecule has 0 aromatic carbocycles. The van der Waals surface area contributed by atoms with Crippen molar-refractivity contribution in [2.24, 2.45) is 5.41 Å². The predicted molar refractivity (Wildman–Crippen MR) is 75.9 cm³/mol. The van der Waals surface area contributed by atoms with Gasteiger partial charge in [-0.2, -0.15) is 0 Å². The molecule has 2 fully saturated rings. The smallest absolute Gasteiger partial charge is 0.0826 e. The van der Waals surface area contributed by atoms with Crippen LogP contribution in [-0.4, -0.2) is 50.3 Å². The van der Waals surface area contributed by atoms with Gasteiger partial charge in [-0.25, -0.2) is 0 Å². The highest BCUT2D eigenvalue weighted by molar-refractivity contribution is 4.82. The normalized spacial score (nSPS) is 33.3. The fourth-order valence-corrected chi connectivity index (χ4v) is 3.29. The molecule has 18 heavy (non-hydrogen) atoms. The zero-order valence-corrected chi connectivity index (χ0v) is 12.4. The van der Waals surface area contributed by atoms with E-state index in [0.29, 0.717) is 11.5 Å². The fraction of sp³-hybridized carbons (Fsp3) is 1.00. The van der Waals surface area contributed by atoms with Crippen molar-refractivity contribution < 1.29 is 4.74 Å². The third-order valence-corrected chi connectivity index (χ3v) is 4.66. The first-order valence-corrected chi connectivity index (χ1v) is 7.59. The van der Waals surface area contributed by atoms with Crippen LogP contribution < -0.4 is 5.32 Å². The predicted octanol–water partition coefficient (Wildman–Crippen LogP) is 2.27. The van der Waals surface area contributed by atoms with Gasteiger partial charge in [0.1, 0.15) is 0 Å². The molecule has 1 heterocycles. The first-order chi connectivity index (χ1) is 8.57. The minimum absolute atomic E-state index is 0.389. The van der Waals surface area contributed by atoms with E-state index in [1.54, 1.807) is 0 Å². The van der Waals surface area contributed by atoms with Gasteiger partial charge in [0.2, 0.25) is 0 Å². The summed E-state index contributed by atoms with van der Waals surface area (Å²) < 4.78 is 5.81. The Hall–Kier alpha value is -0.120. The van der Waals surface area contributed by atoms with Gasteiger partial charge in [0.15, 0.2) is 0 Å². The largest absolute Gasteiger partial charge is 0.374 e. The molecule has 0 aromatic heterocycles. The lowest BCUT2D eigenvalue weighted by Gasteiger charge is -2.33. The molecule has 2 unspecified atom stereocenters. The summed E-state index contributed by atoms with van der Waals surface area (Å²) in [4.78, 5) is 2.54. The van der Waals surface area contributed by atoms with E-state index in [1.165, 1.54) is 32.1 Å². The first-order valence-electron chi connectivity index (χ1n) is 7.59. The van der Waals surface area contributed by atoms with E-state index >= 15 is 0 Å². The van der Waals surface area contributed by atoms with Gasteiger partial charge < -0.3 is 15.0 Å². The maximum absolute atomic E-state index is 5.81. The minimum atomic E-state index is 0.389. The van der Waals surface area contributed by atoms with Crippen LogP contribution in [0.15, 0.2) is 0 Å². The first kappa shape index (κ1) is 14.3. The molecule has 2 aliphatic rings. The summed E-state index contributed by atoms with van der Waals surface area (Å²) in [6, 6.07) is 0.761. The molecular formula is C15H30N2O. The van der Waals surface area contributed by atoms with E-state index in [1.807, 2.05) is 0 Å². The Bertz CT molecular complexity index is 249. The highest BCUT2D eigenvalue weighted by Gasteiger charge is 2.27. The SMILES string of the molecule is CN(CC1CNCCO1)C1CCCC(C)(C)CC1. The van der Waals surface area contributed by atoms with E-state index in [0.717, 1.165) is 32.3 Å². The van der Waals surface area contributed by atoms with Crippen LogP contribution in [0, 0.1) is 5.41 Å². The molecule has 0 radical (unpaired) electrons. The Labute approximate surface area is 112 Å². The summed E-state index contributed by atoms with van der Waals surface area (Å²) >= 11 is 0. The van der Waals surface area contributed by atoms with Gasteiger partial charge in [0.05, 0.1) is 12.7 Å². The van der Waals surface area contributed by atoms with Crippen molar-refractivity contribution in [3.8, 4) is 0 Å². The van der Waals surface area contributed by atoms with E-state index in [4.69, 9.17) is 4.74 Å². The van der Waals surface area contributed by atoms with Crippen LogP contribution >= 0.6 is 0 Å². The van der Waals surface area contributed by atoms with Crippen LogP contribution in [0.2, 0.25) is 0 Å². The molecule has 2 rings (SSSR count). The van der Waals surface area contributed by atoms with Crippen LogP contribution in [0.1, 0.15) is 46.0 Å². The van der Waals surface area contributed by atoms with Gasteiger partial charge in [-0.05, 0) is 38.1 Å². The van der Waals surface area contributed by atoms with Crippen molar-refractivity contribution in [1.82, 2.24) is 10.2 Å². The topological polar surface area (TPSA) is 24.5 Å². The van der Waals surface area contributed by atoms with Crippen LogP contribution in [0.3, 0.4) is 0 Å². The van der Waals surface area contributed by atoms with Gasteiger partial charge in [0, 0.05) is 25.7 Å². The zero-order chi connectivity index (χ0) is 13.0. The summed E-state index contributed by atoms with van der Waals surface area (Å²) in [6.45, 7) is 8.82. The maximum atomic E-state index is 5.81. The fourth-order valence-electron chi connectivity index (χ4n) is 3.29. The quantitative estimate of drug-likeness (QED) is 0.782. The van der Waals surface area contributed by atoms with E-state index < -0.39 is 0 Å². The number of hydrogen-bond acceptors (Lipinski definition) is 3. The molecule has 0 bridgehead atoms. The molecule has 1 aliphatic heterocycles. The molecule has 1 N–H and O–H groups in total. The van der Waals surface area contributed by atoms with Crippen molar-refractivity contribution in [1.29, 1.82) is 0 Å². The number of nitrogens with zero attached hydrogens (tertiary/aromatic N) is 1. The molecule has 0 aromatic rings. The Morgan fingerprint density at radius 2 is 2.11 bits per heavy atom. The van der Waals surface area contributed by atoms with Crippen LogP contribution in [-0.2, 0) is 4.74 Å². The highest BCUT2D eigenvalue weighted by Crippen LogP contribution is 2.35. The second-order valence-corrected chi connectivity index (χ2v) is 6.89. The van der Waals surface area contributed by atoms with E-state index in [-0.39, 0.29) is 0 Å². The molecule has 3 nitrogen and oxygen atoms in total. The van der Waals surface area contributed by atoms with Crippen LogP contribution in [0.4, 0.5) is 0 Å². The van der Waals surface area contributed by atoms with Crippen LogP contribution in [0.25, 0.3) is 0 Å². The number of morpholine rings is 1. The summed E-state index contributed by atoms with van der Waals surface area (Å²) in [5.41, 5.74) is 0.554. The average molecular weight is 254 g/mol. The Kier molecular flexibility index (Phi) is 5.05. The third kappa shape index (κ3) is 4.22. The number of likely N-dealkylation sites (N-methyl/N-ethyl adjacent to an activating group) is 1.